The lowest BCUT2D eigenvalue weighted by molar-refractivity contribution is -0.385. The molecule has 1 N–H and O–H groups in total. The van der Waals surface area contributed by atoms with Crippen molar-refractivity contribution in [1.29, 1.82) is 0 Å². The van der Waals surface area contributed by atoms with Gasteiger partial charge in [0.2, 0.25) is 0 Å². The number of nitro benzene ring substituents is 1. The minimum Gasteiger partial charge on any atom is -0.481 e. The van der Waals surface area contributed by atoms with Gasteiger partial charge >= 0.3 is 5.97 Å². The third-order valence-corrected chi connectivity index (χ3v) is 4.40. The van der Waals surface area contributed by atoms with Crippen molar-refractivity contribution in [3.63, 3.8) is 0 Å². The zero-order chi connectivity index (χ0) is 16.3. The van der Waals surface area contributed by atoms with E-state index in [0.717, 1.165) is 4.90 Å². The van der Waals surface area contributed by atoms with Gasteiger partial charge in [-0.3, -0.25) is 19.7 Å². The van der Waals surface area contributed by atoms with Crippen molar-refractivity contribution in [3.8, 4) is 0 Å². The second kappa shape index (κ2) is 6.78. The summed E-state index contributed by atoms with van der Waals surface area (Å²) < 4.78 is 0. The monoisotopic (exact) mass is 324 g/mol. The second-order valence-electron chi connectivity index (χ2n) is 5.03. The van der Waals surface area contributed by atoms with Gasteiger partial charge in [0, 0.05) is 23.5 Å². The number of nitrogens with zero attached hydrogens (tertiary/aromatic N) is 2. The average Bonchev–Trinajstić information content (AvgIpc) is 2.92. The molecule has 0 bridgehead atoms. The normalized spacial score (nSPS) is 17.5. The van der Waals surface area contributed by atoms with Crippen molar-refractivity contribution >= 4 is 29.3 Å². The number of nitro groups is 1. The number of amides is 1. The zero-order valence-corrected chi connectivity index (χ0v) is 12.8. The standard InChI is InChI=1S/C14H16N2O5S/c1-22-10-4-5-12(16(20)21)11(8-10)14(19)15-6-2-3-9(15)7-13(17)18/h4-5,8-9H,2-3,6-7H2,1H3,(H,17,18). The Balaban J connectivity index is 2.35. The molecular formula is C14H16N2O5S. The Morgan fingerprint density at radius 3 is 2.82 bits per heavy atom. The molecule has 0 aromatic heterocycles. The highest BCUT2D eigenvalue weighted by Crippen LogP contribution is 2.29. The van der Waals surface area contributed by atoms with Gasteiger partial charge in [0.05, 0.1) is 11.3 Å². The molecule has 1 saturated heterocycles. The van der Waals surface area contributed by atoms with Crippen LogP contribution in [-0.2, 0) is 4.79 Å². The van der Waals surface area contributed by atoms with Crippen LogP contribution in [0.15, 0.2) is 23.1 Å². The van der Waals surface area contributed by atoms with E-state index in [2.05, 4.69) is 0 Å². The number of carboxylic acid groups (broad SMARTS) is 1. The fraction of sp³-hybridized carbons (Fsp3) is 0.429. The molecule has 8 heteroatoms. The first-order chi connectivity index (χ1) is 10.4. The minimum absolute atomic E-state index is 0.0224. The van der Waals surface area contributed by atoms with E-state index >= 15 is 0 Å². The SMILES string of the molecule is CSc1ccc([N+](=O)[O-])c(C(=O)N2CCCC2CC(=O)O)c1. The van der Waals surface area contributed by atoms with Crippen LogP contribution in [0.3, 0.4) is 0 Å². The molecule has 1 aromatic rings. The summed E-state index contributed by atoms with van der Waals surface area (Å²) in [6.07, 6.45) is 2.99. The predicted octanol–water partition coefficient (Wildman–Crippen LogP) is 2.40. The van der Waals surface area contributed by atoms with Crippen molar-refractivity contribution in [2.24, 2.45) is 0 Å². The molecule has 1 atom stereocenters. The van der Waals surface area contributed by atoms with Crippen molar-refractivity contribution in [2.75, 3.05) is 12.8 Å². The Kier molecular flexibility index (Phi) is 5.02. The number of likely N-dealkylation sites (tertiary alicyclic amines) is 1. The lowest BCUT2D eigenvalue weighted by atomic mass is 10.1. The molecule has 1 heterocycles. The van der Waals surface area contributed by atoms with Crippen molar-refractivity contribution < 1.29 is 19.6 Å². The summed E-state index contributed by atoms with van der Waals surface area (Å²) in [6.45, 7) is 0.428. The van der Waals surface area contributed by atoms with E-state index in [4.69, 9.17) is 5.11 Å². The molecule has 1 aromatic carbocycles. The van der Waals surface area contributed by atoms with E-state index in [1.54, 1.807) is 6.07 Å². The summed E-state index contributed by atoms with van der Waals surface area (Å²) in [5.74, 6) is -1.44. The summed E-state index contributed by atoms with van der Waals surface area (Å²) in [5.41, 5.74) is -0.224. The van der Waals surface area contributed by atoms with Crippen LogP contribution < -0.4 is 0 Å². The van der Waals surface area contributed by atoms with E-state index in [1.165, 1.54) is 28.8 Å². The molecule has 0 spiro atoms. The number of thioether (sulfide) groups is 1. The van der Waals surface area contributed by atoms with Crippen LogP contribution in [0.4, 0.5) is 5.69 Å². The maximum atomic E-state index is 12.7. The van der Waals surface area contributed by atoms with Crippen LogP contribution in [0.25, 0.3) is 0 Å². The average molecular weight is 324 g/mol. The maximum absolute atomic E-state index is 12.7. The molecule has 1 unspecified atom stereocenters. The number of rotatable bonds is 5. The van der Waals surface area contributed by atoms with Crippen molar-refractivity contribution in [1.82, 2.24) is 4.90 Å². The van der Waals surface area contributed by atoms with Gasteiger partial charge in [-0.2, -0.15) is 0 Å². The first-order valence-electron chi connectivity index (χ1n) is 6.79. The molecule has 1 aliphatic heterocycles. The Morgan fingerprint density at radius 1 is 1.50 bits per heavy atom. The van der Waals surface area contributed by atoms with Gasteiger partial charge in [0.25, 0.3) is 11.6 Å². The molecule has 7 nitrogen and oxygen atoms in total. The number of hydrogen-bond acceptors (Lipinski definition) is 5. The number of carbonyl (C=O) groups excluding carboxylic acids is 1. The van der Waals surface area contributed by atoms with Gasteiger partial charge in [-0.05, 0) is 31.2 Å². The lowest BCUT2D eigenvalue weighted by Crippen LogP contribution is -2.37. The Hall–Kier alpha value is -2.09. The van der Waals surface area contributed by atoms with Crippen LogP contribution >= 0.6 is 11.8 Å². The van der Waals surface area contributed by atoms with Crippen LogP contribution in [0.1, 0.15) is 29.6 Å². The Bertz CT molecular complexity index is 619. The largest absolute Gasteiger partial charge is 0.481 e. The molecule has 0 saturated carbocycles. The molecular weight excluding hydrogens is 308 g/mol. The first-order valence-corrected chi connectivity index (χ1v) is 8.01. The van der Waals surface area contributed by atoms with Gasteiger partial charge in [0.15, 0.2) is 0 Å². The van der Waals surface area contributed by atoms with E-state index < -0.39 is 22.8 Å². The van der Waals surface area contributed by atoms with Gasteiger partial charge in [0.1, 0.15) is 5.56 Å². The summed E-state index contributed by atoms with van der Waals surface area (Å²) in [5, 5.41) is 20.1. The number of carbonyl (C=O) groups is 2. The summed E-state index contributed by atoms with van der Waals surface area (Å²) >= 11 is 1.39. The Labute approximate surface area is 131 Å². The third-order valence-electron chi connectivity index (χ3n) is 3.68. The van der Waals surface area contributed by atoms with E-state index in [9.17, 15) is 19.7 Å². The van der Waals surface area contributed by atoms with Crippen molar-refractivity contribution in [3.05, 3.63) is 33.9 Å². The number of benzene rings is 1. The second-order valence-corrected chi connectivity index (χ2v) is 5.91. The summed E-state index contributed by atoms with van der Waals surface area (Å²) in [7, 11) is 0. The molecule has 1 amide bonds. The van der Waals surface area contributed by atoms with Gasteiger partial charge in [-0.25, -0.2) is 0 Å². The fourth-order valence-electron chi connectivity index (χ4n) is 2.64. The number of aliphatic carboxylic acids is 1. The van der Waals surface area contributed by atoms with Gasteiger partial charge in [-0.15, -0.1) is 11.8 Å². The summed E-state index contributed by atoms with van der Waals surface area (Å²) in [6, 6.07) is 4.02. The number of hydrogen-bond donors (Lipinski definition) is 1. The smallest absolute Gasteiger partial charge is 0.305 e. The molecule has 1 fully saturated rings. The molecule has 118 valence electrons. The molecule has 0 radical (unpaired) electrons. The number of carboxylic acids is 1. The highest BCUT2D eigenvalue weighted by atomic mass is 32.2. The first kappa shape index (κ1) is 16.3. The van der Waals surface area contributed by atoms with E-state index in [0.29, 0.717) is 19.4 Å². The quantitative estimate of drug-likeness (QED) is 0.507. The molecule has 22 heavy (non-hydrogen) atoms. The molecule has 1 aliphatic rings. The minimum atomic E-state index is -0.975. The predicted molar refractivity (Wildman–Crippen MR) is 81.2 cm³/mol. The van der Waals surface area contributed by atoms with E-state index in [1.807, 2.05) is 6.26 Å². The van der Waals surface area contributed by atoms with Gasteiger partial charge < -0.3 is 10.0 Å². The van der Waals surface area contributed by atoms with Crippen LogP contribution in [-0.4, -0.2) is 45.6 Å². The van der Waals surface area contributed by atoms with Crippen LogP contribution in [0.5, 0.6) is 0 Å². The topological polar surface area (TPSA) is 101 Å². The third kappa shape index (κ3) is 3.38. The van der Waals surface area contributed by atoms with Crippen LogP contribution in [0.2, 0.25) is 0 Å². The van der Waals surface area contributed by atoms with Crippen LogP contribution in [0, 0.1) is 10.1 Å². The van der Waals surface area contributed by atoms with E-state index in [-0.39, 0.29) is 17.7 Å². The maximum Gasteiger partial charge on any atom is 0.305 e. The fourth-order valence-corrected chi connectivity index (χ4v) is 3.08. The lowest BCUT2D eigenvalue weighted by Gasteiger charge is -2.23. The summed E-state index contributed by atoms with van der Waals surface area (Å²) in [4.78, 5) is 36.3. The zero-order valence-electron chi connectivity index (χ0n) is 12.0. The van der Waals surface area contributed by atoms with Gasteiger partial charge in [-0.1, -0.05) is 0 Å². The molecule has 0 aliphatic carbocycles. The highest BCUT2D eigenvalue weighted by molar-refractivity contribution is 7.98. The molecule has 2 rings (SSSR count). The Morgan fingerprint density at radius 2 is 2.23 bits per heavy atom. The highest BCUT2D eigenvalue weighted by Gasteiger charge is 2.34. The van der Waals surface area contributed by atoms with Crippen molar-refractivity contribution in [2.45, 2.75) is 30.2 Å².